The van der Waals surface area contributed by atoms with Gasteiger partial charge in [-0.25, -0.2) is 4.39 Å². The number of nitrogens with two attached hydrogens (primary N) is 1. The summed E-state index contributed by atoms with van der Waals surface area (Å²) in [4.78, 5) is 11.9. The molecule has 0 aromatic heterocycles. The molecular weight excluding hydrogens is 291 g/mol. The van der Waals surface area contributed by atoms with Crippen molar-refractivity contribution in [3.8, 4) is 5.75 Å². The third-order valence-electron chi connectivity index (χ3n) is 2.91. The second kappa shape index (κ2) is 7.93. The number of nitrogens with one attached hydrogen (secondary N) is 1. The van der Waals surface area contributed by atoms with Gasteiger partial charge in [-0.15, -0.1) is 0 Å². The molecule has 6 heteroatoms. The van der Waals surface area contributed by atoms with Gasteiger partial charge in [-0.3, -0.25) is 4.79 Å². The second-order valence-electron chi connectivity index (χ2n) is 5.24. The Balaban J connectivity index is 2.60. The molecule has 1 rings (SSSR count). The quantitative estimate of drug-likeness (QED) is 0.759. The molecule has 1 amide bonds. The van der Waals surface area contributed by atoms with Crippen molar-refractivity contribution in [1.82, 2.24) is 5.32 Å². The molecule has 21 heavy (non-hydrogen) atoms. The minimum atomic E-state index is -0.776. The van der Waals surface area contributed by atoms with Crippen LogP contribution in [0.15, 0.2) is 18.2 Å². The summed E-state index contributed by atoms with van der Waals surface area (Å²) in [5.74, 6) is -0.358. The summed E-state index contributed by atoms with van der Waals surface area (Å²) in [6.45, 7) is 6.30. The molecule has 0 saturated carbocycles. The molecule has 0 spiro atoms. The Morgan fingerprint density at radius 3 is 2.62 bits per heavy atom. The smallest absolute Gasteiger partial charge is 0.260 e. The zero-order chi connectivity index (χ0) is 16.0. The highest BCUT2D eigenvalue weighted by Gasteiger charge is 2.16. The van der Waals surface area contributed by atoms with Gasteiger partial charge in [0.1, 0.15) is 4.99 Å². The first-order valence-corrected chi connectivity index (χ1v) is 7.25. The van der Waals surface area contributed by atoms with Crippen molar-refractivity contribution in [2.24, 2.45) is 11.7 Å². The van der Waals surface area contributed by atoms with Crippen LogP contribution >= 0.6 is 12.2 Å². The van der Waals surface area contributed by atoms with Gasteiger partial charge in [0.15, 0.2) is 17.7 Å². The van der Waals surface area contributed by atoms with Gasteiger partial charge in [-0.1, -0.05) is 26.1 Å². The van der Waals surface area contributed by atoms with Crippen molar-refractivity contribution < 1.29 is 13.9 Å². The molecule has 0 aliphatic rings. The zero-order valence-corrected chi connectivity index (χ0v) is 13.3. The summed E-state index contributed by atoms with van der Waals surface area (Å²) < 4.78 is 19.1. The molecule has 1 unspecified atom stereocenters. The monoisotopic (exact) mass is 312 g/mol. The maximum atomic E-state index is 13.8. The van der Waals surface area contributed by atoms with E-state index in [0.717, 1.165) is 6.42 Å². The predicted molar refractivity (Wildman–Crippen MR) is 84.8 cm³/mol. The van der Waals surface area contributed by atoms with E-state index in [1.54, 1.807) is 13.0 Å². The minimum absolute atomic E-state index is 0.00140. The molecule has 0 heterocycles. The van der Waals surface area contributed by atoms with Gasteiger partial charge < -0.3 is 15.8 Å². The Kier molecular flexibility index (Phi) is 6.55. The Morgan fingerprint density at radius 2 is 2.10 bits per heavy atom. The fourth-order valence-corrected chi connectivity index (χ4v) is 1.75. The van der Waals surface area contributed by atoms with E-state index in [9.17, 15) is 9.18 Å². The first-order chi connectivity index (χ1) is 9.81. The van der Waals surface area contributed by atoms with Gasteiger partial charge in [-0.05, 0) is 37.5 Å². The van der Waals surface area contributed by atoms with Gasteiger partial charge in [0.05, 0.1) is 0 Å². The fourth-order valence-electron chi connectivity index (χ4n) is 1.62. The maximum Gasteiger partial charge on any atom is 0.260 e. The number of carbonyl (C=O) groups excluding carboxylic acids is 1. The summed E-state index contributed by atoms with van der Waals surface area (Å²) in [6, 6.07) is 4.17. The number of ether oxygens (including phenoxy) is 1. The first-order valence-electron chi connectivity index (χ1n) is 6.85. The van der Waals surface area contributed by atoms with Crippen LogP contribution in [0.2, 0.25) is 0 Å². The van der Waals surface area contributed by atoms with Crippen LogP contribution in [0, 0.1) is 11.7 Å². The zero-order valence-electron chi connectivity index (χ0n) is 12.5. The summed E-state index contributed by atoms with van der Waals surface area (Å²) in [5, 5.41) is 2.76. The van der Waals surface area contributed by atoms with E-state index >= 15 is 0 Å². The molecule has 1 aromatic rings. The Hall–Kier alpha value is -1.69. The van der Waals surface area contributed by atoms with Crippen LogP contribution in [0.4, 0.5) is 4.39 Å². The highest BCUT2D eigenvalue weighted by Crippen LogP contribution is 2.19. The molecule has 3 N–H and O–H groups in total. The Bertz CT molecular complexity index is 520. The van der Waals surface area contributed by atoms with Crippen molar-refractivity contribution >= 4 is 23.1 Å². The van der Waals surface area contributed by atoms with E-state index in [0.29, 0.717) is 18.0 Å². The molecule has 0 saturated heterocycles. The van der Waals surface area contributed by atoms with Crippen molar-refractivity contribution in [1.29, 1.82) is 0 Å². The van der Waals surface area contributed by atoms with Gasteiger partial charge >= 0.3 is 0 Å². The summed E-state index contributed by atoms with van der Waals surface area (Å²) in [7, 11) is 0. The molecule has 0 aliphatic carbocycles. The van der Waals surface area contributed by atoms with E-state index < -0.39 is 11.9 Å². The topological polar surface area (TPSA) is 64.3 Å². The molecule has 0 radical (unpaired) electrons. The van der Waals surface area contributed by atoms with Crippen molar-refractivity contribution in [3.63, 3.8) is 0 Å². The lowest BCUT2D eigenvalue weighted by atomic mass is 10.1. The first kappa shape index (κ1) is 17.4. The fraction of sp³-hybridized carbons (Fsp3) is 0.467. The molecule has 4 nitrogen and oxygen atoms in total. The molecule has 0 aliphatic heterocycles. The average molecular weight is 312 g/mol. The van der Waals surface area contributed by atoms with Crippen LogP contribution in [0.25, 0.3) is 0 Å². The van der Waals surface area contributed by atoms with E-state index in [2.05, 4.69) is 19.2 Å². The Morgan fingerprint density at radius 1 is 1.43 bits per heavy atom. The number of amides is 1. The number of benzene rings is 1. The molecule has 0 bridgehead atoms. The lowest BCUT2D eigenvalue weighted by molar-refractivity contribution is -0.127. The third-order valence-corrected chi connectivity index (χ3v) is 3.15. The third kappa shape index (κ3) is 5.67. The average Bonchev–Trinajstić information content (AvgIpc) is 2.40. The van der Waals surface area contributed by atoms with Crippen molar-refractivity contribution in [3.05, 3.63) is 29.6 Å². The van der Waals surface area contributed by atoms with E-state index in [1.807, 2.05) is 0 Å². The summed E-state index contributed by atoms with van der Waals surface area (Å²) in [6.07, 6.45) is 0.109. The van der Waals surface area contributed by atoms with E-state index in [1.165, 1.54) is 12.1 Å². The Labute approximate surface area is 129 Å². The lowest BCUT2D eigenvalue weighted by Crippen LogP contribution is -2.37. The summed E-state index contributed by atoms with van der Waals surface area (Å²) >= 11 is 4.77. The van der Waals surface area contributed by atoms with Crippen molar-refractivity contribution in [2.75, 3.05) is 6.54 Å². The number of halogens is 1. The van der Waals surface area contributed by atoms with Gasteiger partial charge in [0.2, 0.25) is 0 Å². The van der Waals surface area contributed by atoms with Gasteiger partial charge in [-0.2, -0.15) is 0 Å². The highest BCUT2D eigenvalue weighted by molar-refractivity contribution is 7.80. The van der Waals surface area contributed by atoms with Gasteiger partial charge in [0.25, 0.3) is 5.91 Å². The number of hydrogen-bond acceptors (Lipinski definition) is 3. The lowest BCUT2D eigenvalue weighted by Gasteiger charge is -2.16. The van der Waals surface area contributed by atoms with Gasteiger partial charge in [0, 0.05) is 12.1 Å². The minimum Gasteiger partial charge on any atom is -0.478 e. The highest BCUT2D eigenvalue weighted by atomic mass is 32.1. The number of thiocarbonyl (C=S) groups is 1. The van der Waals surface area contributed by atoms with Crippen LogP contribution in [0.1, 0.15) is 32.8 Å². The van der Waals surface area contributed by atoms with Crippen LogP contribution < -0.4 is 15.8 Å². The SMILES string of the molecule is CC(C)CCNC(=O)C(C)Oc1ccc(C(N)=S)cc1F. The predicted octanol–water partition coefficient (Wildman–Crippen LogP) is 2.39. The van der Waals surface area contributed by atoms with Crippen LogP contribution in [0.5, 0.6) is 5.75 Å². The van der Waals surface area contributed by atoms with Crippen LogP contribution in [-0.2, 0) is 4.79 Å². The van der Waals surface area contributed by atoms with E-state index in [-0.39, 0.29) is 16.6 Å². The number of hydrogen-bond donors (Lipinski definition) is 2. The van der Waals surface area contributed by atoms with Crippen molar-refractivity contribution in [2.45, 2.75) is 33.3 Å². The molecule has 116 valence electrons. The second-order valence-corrected chi connectivity index (χ2v) is 5.68. The largest absolute Gasteiger partial charge is 0.478 e. The number of rotatable bonds is 7. The normalized spacial score (nSPS) is 12.0. The molecular formula is C15H21FN2O2S. The maximum absolute atomic E-state index is 13.8. The molecule has 1 aromatic carbocycles. The van der Waals surface area contributed by atoms with Crippen LogP contribution in [-0.4, -0.2) is 23.5 Å². The molecule has 1 atom stereocenters. The standard InChI is InChI=1S/C15H21FN2O2S/c1-9(2)6-7-18-15(19)10(3)20-13-5-4-11(14(17)21)8-12(13)16/h4-5,8-10H,6-7H2,1-3H3,(H2,17,21)(H,18,19). The van der Waals surface area contributed by atoms with Crippen LogP contribution in [0.3, 0.4) is 0 Å². The molecule has 0 fully saturated rings. The number of carbonyl (C=O) groups is 1. The van der Waals surface area contributed by atoms with E-state index in [4.69, 9.17) is 22.7 Å². The summed E-state index contributed by atoms with van der Waals surface area (Å²) in [5.41, 5.74) is 5.84.